The van der Waals surface area contributed by atoms with Crippen molar-refractivity contribution in [1.29, 1.82) is 0 Å². The molecule has 1 aromatic heterocycles. The smallest absolute Gasteiger partial charge is 0.317 e. The third-order valence-electron chi connectivity index (χ3n) is 4.04. The van der Waals surface area contributed by atoms with Crippen LogP contribution in [0.1, 0.15) is 12.8 Å². The Morgan fingerprint density at radius 1 is 1.28 bits per heavy atom. The number of benzene rings is 1. The molecule has 7 nitrogen and oxygen atoms in total. The van der Waals surface area contributed by atoms with Gasteiger partial charge in [0.15, 0.2) is 4.21 Å². The first kappa shape index (κ1) is 18.0. The number of hydrogen-bond acceptors (Lipinski definition) is 6. The lowest BCUT2D eigenvalue weighted by Crippen LogP contribution is -2.45. The second-order valence-corrected chi connectivity index (χ2v) is 8.89. The SMILES string of the molecule is O=C(O)CN1CCC(NS(=O)(=O)c2cnc(-c3ccccc3)s2)CC1. The van der Waals surface area contributed by atoms with E-state index in [0.29, 0.717) is 30.9 Å². The Bertz CT molecular complexity index is 828. The van der Waals surface area contributed by atoms with Crippen molar-refractivity contribution in [3.8, 4) is 10.6 Å². The molecule has 2 N–H and O–H groups in total. The summed E-state index contributed by atoms with van der Waals surface area (Å²) < 4.78 is 28.0. The van der Waals surface area contributed by atoms with Crippen molar-refractivity contribution in [2.75, 3.05) is 19.6 Å². The summed E-state index contributed by atoms with van der Waals surface area (Å²) in [5.41, 5.74) is 0.885. The van der Waals surface area contributed by atoms with Crippen LogP contribution in [0, 0.1) is 0 Å². The van der Waals surface area contributed by atoms with Gasteiger partial charge in [-0.05, 0) is 12.8 Å². The number of carbonyl (C=O) groups is 1. The van der Waals surface area contributed by atoms with E-state index in [2.05, 4.69) is 9.71 Å². The average molecular weight is 381 g/mol. The summed E-state index contributed by atoms with van der Waals surface area (Å²) >= 11 is 1.14. The predicted molar refractivity (Wildman–Crippen MR) is 95.0 cm³/mol. The zero-order chi connectivity index (χ0) is 17.9. The van der Waals surface area contributed by atoms with E-state index in [1.807, 2.05) is 35.2 Å². The molecule has 0 radical (unpaired) electrons. The lowest BCUT2D eigenvalue weighted by atomic mass is 10.1. The topological polar surface area (TPSA) is 99.6 Å². The molecule has 0 aliphatic carbocycles. The Hall–Kier alpha value is -1.81. The lowest BCUT2D eigenvalue weighted by Gasteiger charge is -2.30. The van der Waals surface area contributed by atoms with Crippen LogP contribution in [0.4, 0.5) is 0 Å². The normalized spacial score (nSPS) is 16.8. The van der Waals surface area contributed by atoms with E-state index >= 15 is 0 Å². The highest BCUT2D eigenvalue weighted by Gasteiger charge is 2.26. The van der Waals surface area contributed by atoms with Crippen LogP contribution in [-0.2, 0) is 14.8 Å². The van der Waals surface area contributed by atoms with Crippen molar-refractivity contribution in [1.82, 2.24) is 14.6 Å². The Kier molecular flexibility index (Phi) is 5.48. The number of likely N-dealkylation sites (tertiary alicyclic amines) is 1. The molecule has 0 atom stereocenters. The van der Waals surface area contributed by atoms with Gasteiger partial charge in [0.25, 0.3) is 10.0 Å². The van der Waals surface area contributed by atoms with Crippen molar-refractivity contribution in [3.05, 3.63) is 36.5 Å². The van der Waals surface area contributed by atoms with E-state index in [9.17, 15) is 13.2 Å². The number of carboxylic acids is 1. The molecule has 0 saturated carbocycles. The number of rotatable bonds is 6. The van der Waals surface area contributed by atoms with Crippen molar-refractivity contribution in [2.24, 2.45) is 0 Å². The Balaban J connectivity index is 1.63. The first-order valence-corrected chi connectivity index (χ1v) is 10.2. The summed E-state index contributed by atoms with van der Waals surface area (Å²) in [5.74, 6) is -0.864. The molecule has 134 valence electrons. The molecule has 1 saturated heterocycles. The summed E-state index contributed by atoms with van der Waals surface area (Å²) in [6.07, 6.45) is 2.57. The maximum atomic E-state index is 12.6. The highest BCUT2D eigenvalue weighted by molar-refractivity contribution is 7.91. The van der Waals surface area contributed by atoms with Crippen LogP contribution in [0.2, 0.25) is 0 Å². The van der Waals surface area contributed by atoms with E-state index in [1.54, 1.807) is 0 Å². The third-order valence-corrected chi connectivity index (χ3v) is 7.07. The zero-order valence-corrected chi connectivity index (χ0v) is 15.1. The number of nitrogens with one attached hydrogen (secondary N) is 1. The number of aromatic nitrogens is 1. The Morgan fingerprint density at radius 2 is 1.96 bits per heavy atom. The molecule has 9 heteroatoms. The van der Waals surface area contributed by atoms with Crippen molar-refractivity contribution < 1.29 is 18.3 Å². The summed E-state index contributed by atoms with van der Waals surface area (Å²) in [4.78, 5) is 16.8. The third kappa shape index (κ3) is 4.63. The maximum absolute atomic E-state index is 12.6. The van der Waals surface area contributed by atoms with Gasteiger partial charge in [-0.2, -0.15) is 0 Å². The number of aliphatic carboxylic acids is 1. The lowest BCUT2D eigenvalue weighted by molar-refractivity contribution is -0.138. The van der Waals surface area contributed by atoms with Gasteiger partial charge < -0.3 is 5.11 Å². The van der Waals surface area contributed by atoms with Crippen LogP contribution < -0.4 is 4.72 Å². The molecule has 0 amide bonds. The van der Waals surface area contributed by atoms with Crippen LogP contribution in [-0.4, -0.2) is 55.1 Å². The molecular weight excluding hydrogens is 362 g/mol. The molecule has 0 unspecified atom stereocenters. The largest absolute Gasteiger partial charge is 0.480 e. The molecule has 1 fully saturated rings. The van der Waals surface area contributed by atoms with E-state index in [-0.39, 0.29) is 16.8 Å². The second-order valence-electron chi connectivity index (χ2n) is 5.92. The molecule has 0 bridgehead atoms. The molecular formula is C16H19N3O4S2. The summed E-state index contributed by atoms with van der Waals surface area (Å²) in [6.45, 7) is 1.13. The first-order valence-electron chi connectivity index (χ1n) is 7.92. The van der Waals surface area contributed by atoms with Crippen LogP contribution in [0.25, 0.3) is 10.6 Å². The number of thiazole rings is 1. The van der Waals surface area contributed by atoms with Crippen LogP contribution in [0.15, 0.2) is 40.7 Å². The highest BCUT2D eigenvalue weighted by Crippen LogP contribution is 2.28. The second kappa shape index (κ2) is 7.61. The van der Waals surface area contributed by atoms with Gasteiger partial charge in [0.2, 0.25) is 0 Å². The first-order chi connectivity index (χ1) is 11.9. The summed E-state index contributed by atoms with van der Waals surface area (Å²) in [7, 11) is -3.62. The van der Waals surface area contributed by atoms with Crippen LogP contribution >= 0.6 is 11.3 Å². The Labute approximate surface area is 150 Å². The minimum atomic E-state index is -3.62. The number of carboxylic acid groups (broad SMARTS) is 1. The van der Waals surface area contributed by atoms with Crippen molar-refractivity contribution >= 4 is 27.3 Å². The van der Waals surface area contributed by atoms with Crippen molar-refractivity contribution in [3.63, 3.8) is 0 Å². The van der Waals surface area contributed by atoms with E-state index < -0.39 is 16.0 Å². The number of nitrogens with zero attached hydrogens (tertiary/aromatic N) is 2. The number of sulfonamides is 1. The predicted octanol–water partition coefficient (Wildman–Crippen LogP) is 1.64. The molecule has 1 aliphatic rings. The average Bonchev–Trinajstić information content (AvgIpc) is 3.08. The van der Waals surface area contributed by atoms with Crippen LogP contribution in [0.3, 0.4) is 0 Å². The van der Waals surface area contributed by atoms with Crippen LogP contribution in [0.5, 0.6) is 0 Å². The fourth-order valence-corrected chi connectivity index (χ4v) is 5.23. The van der Waals surface area contributed by atoms with Gasteiger partial charge in [0.05, 0.1) is 12.7 Å². The number of piperidine rings is 1. The fourth-order valence-electron chi connectivity index (χ4n) is 2.78. The number of hydrogen-bond donors (Lipinski definition) is 2. The Morgan fingerprint density at radius 3 is 2.60 bits per heavy atom. The molecule has 2 aromatic rings. The standard InChI is InChI=1S/C16H19N3O4S2/c20-14(21)11-19-8-6-13(7-9-19)18-25(22,23)15-10-17-16(24-15)12-4-2-1-3-5-12/h1-5,10,13,18H,6-9,11H2,(H,20,21). The van der Waals surface area contributed by atoms with E-state index in [4.69, 9.17) is 5.11 Å². The minimum absolute atomic E-state index is 0.00521. The molecule has 3 rings (SSSR count). The minimum Gasteiger partial charge on any atom is -0.480 e. The maximum Gasteiger partial charge on any atom is 0.317 e. The fraction of sp³-hybridized carbons (Fsp3) is 0.375. The van der Waals surface area contributed by atoms with Gasteiger partial charge in [-0.3, -0.25) is 9.69 Å². The van der Waals surface area contributed by atoms with Gasteiger partial charge >= 0.3 is 5.97 Å². The van der Waals surface area contributed by atoms with E-state index in [0.717, 1.165) is 16.9 Å². The zero-order valence-electron chi connectivity index (χ0n) is 13.5. The molecule has 1 aliphatic heterocycles. The van der Waals surface area contributed by atoms with Crippen molar-refractivity contribution in [2.45, 2.75) is 23.1 Å². The molecule has 25 heavy (non-hydrogen) atoms. The van der Waals surface area contributed by atoms with E-state index in [1.165, 1.54) is 6.20 Å². The van der Waals surface area contributed by atoms with Gasteiger partial charge in [-0.25, -0.2) is 18.1 Å². The monoisotopic (exact) mass is 381 g/mol. The van der Waals surface area contributed by atoms with Gasteiger partial charge in [0, 0.05) is 24.7 Å². The van der Waals surface area contributed by atoms with Gasteiger partial charge in [-0.15, -0.1) is 11.3 Å². The van der Waals surface area contributed by atoms with Gasteiger partial charge in [-0.1, -0.05) is 30.3 Å². The molecule has 2 heterocycles. The summed E-state index contributed by atoms with van der Waals surface area (Å²) in [5, 5.41) is 9.47. The highest BCUT2D eigenvalue weighted by atomic mass is 32.2. The molecule has 0 spiro atoms. The quantitative estimate of drug-likeness (QED) is 0.789. The van der Waals surface area contributed by atoms with Gasteiger partial charge in [0.1, 0.15) is 5.01 Å². The molecule has 1 aromatic carbocycles. The summed E-state index contributed by atoms with van der Waals surface area (Å²) in [6, 6.07) is 9.26.